The molecule has 0 radical (unpaired) electrons. The zero-order chi connectivity index (χ0) is 18.2. The van der Waals surface area contributed by atoms with Crippen molar-refractivity contribution in [2.24, 2.45) is 0 Å². The number of hydrogen-bond donors (Lipinski definition) is 1. The number of anilines is 2. The second kappa shape index (κ2) is 6.32. The second-order valence-electron chi connectivity index (χ2n) is 6.62. The maximum Gasteiger partial charge on any atom is 0.165 e. The number of pyridine rings is 2. The standard InChI is InChI=1S/C21H18N6/c22-20-19-16(14-5-2-1-3-6-14)11-17(26-21(19)25-13-24-20)15-7-8-18(23-12-15)27-9-4-10-27/h1-3,5-8,11-13H,4,9-10H2,(H2,22,24,25,26). The van der Waals surface area contributed by atoms with Crippen LogP contribution in [0.4, 0.5) is 11.6 Å². The van der Waals surface area contributed by atoms with E-state index < -0.39 is 0 Å². The summed E-state index contributed by atoms with van der Waals surface area (Å²) in [6.07, 6.45) is 4.56. The van der Waals surface area contributed by atoms with Crippen LogP contribution >= 0.6 is 0 Å². The lowest BCUT2D eigenvalue weighted by Crippen LogP contribution is -2.37. The van der Waals surface area contributed by atoms with Crippen LogP contribution in [0.3, 0.4) is 0 Å². The van der Waals surface area contributed by atoms with Gasteiger partial charge in [-0.3, -0.25) is 0 Å². The number of rotatable bonds is 3. The van der Waals surface area contributed by atoms with E-state index in [1.165, 1.54) is 12.7 Å². The number of nitrogens with zero attached hydrogens (tertiary/aromatic N) is 5. The van der Waals surface area contributed by atoms with E-state index in [4.69, 9.17) is 10.7 Å². The first-order chi connectivity index (χ1) is 13.3. The van der Waals surface area contributed by atoms with E-state index in [9.17, 15) is 0 Å². The van der Waals surface area contributed by atoms with E-state index >= 15 is 0 Å². The van der Waals surface area contributed by atoms with Crippen LogP contribution in [0.25, 0.3) is 33.4 Å². The Bertz CT molecular complexity index is 1100. The summed E-state index contributed by atoms with van der Waals surface area (Å²) in [5, 5.41) is 0.776. The first-order valence-corrected chi connectivity index (χ1v) is 8.97. The highest BCUT2D eigenvalue weighted by Crippen LogP contribution is 2.33. The smallest absolute Gasteiger partial charge is 0.165 e. The molecule has 27 heavy (non-hydrogen) atoms. The van der Waals surface area contributed by atoms with Gasteiger partial charge in [0.1, 0.15) is 18.0 Å². The van der Waals surface area contributed by atoms with Gasteiger partial charge in [-0.2, -0.15) is 0 Å². The Balaban J connectivity index is 1.67. The van der Waals surface area contributed by atoms with Gasteiger partial charge in [-0.25, -0.2) is 19.9 Å². The number of fused-ring (bicyclic) bond motifs is 1. The second-order valence-corrected chi connectivity index (χ2v) is 6.62. The molecule has 6 nitrogen and oxygen atoms in total. The van der Waals surface area contributed by atoms with Crippen molar-refractivity contribution in [2.75, 3.05) is 23.7 Å². The van der Waals surface area contributed by atoms with E-state index in [1.807, 2.05) is 30.5 Å². The van der Waals surface area contributed by atoms with Crippen LogP contribution in [-0.2, 0) is 0 Å². The number of hydrogen-bond acceptors (Lipinski definition) is 6. The highest BCUT2D eigenvalue weighted by Gasteiger charge is 2.17. The van der Waals surface area contributed by atoms with Gasteiger partial charge in [0.15, 0.2) is 5.65 Å². The van der Waals surface area contributed by atoms with E-state index in [-0.39, 0.29) is 0 Å². The third kappa shape index (κ3) is 2.75. The predicted octanol–water partition coefficient (Wildman–Crippen LogP) is 3.55. The highest BCUT2D eigenvalue weighted by atomic mass is 15.2. The SMILES string of the molecule is Nc1ncnc2nc(-c3ccc(N4CCC4)nc3)cc(-c3ccccc3)c12. The molecule has 1 aromatic carbocycles. The summed E-state index contributed by atoms with van der Waals surface area (Å²) in [6, 6.07) is 16.3. The summed E-state index contributed by atoms with van der Waals surface area (Å²) in [4.78, 5) is 20.1. The molecule has 1 aliphatic rings. The molecular weight excluding hydrogens is 336 g/mol. The van der Waals surface area contributed by atoms with Crippen LogP contribution in [0.1, 0.15) is 6.42 Å². The van der Waals surface area contributed by atoms with Crippen molar-refractivity contribution in [3.8, 4) is 22.4 Å². The molecular formula is C21H18N6. The maximum absolute atomic E-state index is 6.15. The number of aromatic nitrogens is 4. The van der Waals surface area contributed by atoms with E-state index in [2.05, 4.69) is 44.1 Å². The number of nitrogen functional groups attached to an aromatic ring is 1. The molecule has 1 aliphatic heterocycles. The molecule has 0 bridgehead atoms. The van der Waals surface area contributed by atoms with Gasteiger partial charge >= 0.3 is 0 Å². The van der Waals surface area contributed by atoms with E-state index in [0.717, 1.165) is 46.7 Å². The summed E-state index contributed by atoms with van der Waals surface area (Å²) in [5.41, 5.74) is 10.5. The fourth-order valence-corrected chi connectivity index (χ4v) is 3.35. The molecule has 1 fully saturated rings. The largest absolute Gasteiger partial charge is 0.383 e. The Morgan fingerprint density at radius 1 is 0.889 bits per heavy atom. The molecule has 0 saturated carbocycles. The van der Waals surface area contributed by atoms with Crippen LogP contribution in [-0.4, -0.2) is 33.0 Å². The van der Waals surface area contributed by atoms with Gasteiger partial charge in [0.05, 0.1) is 11.1 Å². The minimum atomic E-state index is 0.434. The van der Waals surface area contributed by atoms with Crippen LogP contribution in [0.2, 0.25) is 0 Å². The summed E-state index contributed by atoms with van der Waals surface area (Å²) >= 11 is 0. The zero-order valence-electron chi connectivity index (χ0n) is 14.7. The molecule has 0 amide bonds. The Kier molecular flexibility index (Phi) is 3.67. The Hall–Kier alpha value is -3.54. The molecule has 0 atom stereocenters. The molecule has 0 aliphatic carbocycles. The minimum absolute atomic E-state index is 0.434. The molecule has 4 aromatic rings. The zero-order valence-corrected chi connectivity index (χ0v) is 14.7. The number of nitrogens with two attached hydrogens (primary N) is 1. The van der Waals surface area contributed by atoms with Crippen LogP contribution in [0.15, 0.2) is 61.1 Å². The summed E-state index contributed by atoms with van der Waals surface area (Å²) < 4.78 is 0. The van der Waals surface area contributed by atoms with Crippen molar-refractivity contribution in [1.82, 2.24) is 19.9 Å². The van der Waals surface area contributed by atoms with Crippen LogP contribution in [0.5, 0.6) is 0 Å². The lowest BCUT2D eigenvalue weighted by atomic mass is 10.0. The van der Waals surface area contributed by atoms with Crippen molar-refractivity contribution < 1.29 is 0 Å². The van der Waals surface area contributed by atoms with E-state index in [1.54, 1.807) is 0 Å². The fourth-order valence-electron chi connectivity index (χ4n) is 3.35. The molecule has 5 rings (SSSR count). The van der Waals surface area contributed by atoms with Crippen LogP contribution in [0, 0.1) is 0 Å². The lowest BCUT2D eigenvalue weighted by molar-refractivity contribution is 0.610. The third-order valence-electron chi connectivity index (χ3n) is 4.94. The van der Waals surface area contributed by atoms with Gasteiger partial charge < -0.3 is 10.6 Å². The third-order valence-corrected chi connectivity index (χ3v) is 4.94. The predicted molar refractivity (Wildman–Crippen MR) is 107 cm³/mol. The monoisotopic (exact) mass is 354 g/mol. The number of benzene rings is 1. The molecule has 0 unspecified atom stereocenters. The van der Waals surface area contributed by atoms with Gasteiger partial charge in [0, 0.05) is 24.8 Å². The Labute approximate surface area is 156 Å². The first kappa shape index (κ1) is 15.7. The molecule has 3 aromatic heterocycles. The summed E-state index contributed by atoms with van der Waals surface area (Å²) in [6.45, 7) is 2.16. The Morgan fingerprint density at radius 3 is 2.44 bits per heavy atom. The highest BCUT2D eigenvalue weighted by molar-refractivity contribution is 6.00. The lowest BCUT2D eigenvalue weighted by Gasteiger charge is -2.31. The molecule has 132 valence electrons. The van der Waals surface area contributed by atoms with Crippen molar-refractivity contribution >= 4 is 22.7 Å². The first-order valence-electron chi connectivity index (χ1n) is 8.97. The van der Waals surface area contributed by atoms with Crippen molar-refractivity contribution in [2.45, 2.75) is 6.42 Å². The normalized spacial score (nSPS) is 13.6. The van der Waals surface area contributed by atoms with Crippen molar-refractivity contribution in [1.29, 1.82) is 0 Å². The van der Waals surface area contributed by atoms with Gasteiger partial charge in [-0.05, 0) is 35.7 Å². The topological polar surface area (TPSA) is 80.8 Å². The maximum atomic E-state index is 6.15. The average Bonchev–Trinajstić information content (AvgIpc) is 2.67. The van der Waals surface area contributed by atoms with Gasteiger partial charge in [-0.15, -0.1) is 0 Å². The van der Waals surface area contributed by atoms with Gasteiger partial charge in [0.25, 0.3) is 0 Å². The summed E-state index contributed by atoms with van der Waals surface area (Å²) in [7, 11) is 0. The molecule has 0 spiro atoms. The van der Waals surface area contributed by atoms with E-state index in [0.29, 0.717) is 11.5 Å². The minimum Gasteiger partial charge on any atom is -0.383 e. The summed E-state index contributed by atoms with van der Waals surface area (Å²) in [5.74, 6) is 1.45. The van der Waals surface area contributed by atoms with Crippen molar-refractivity contribution in [3.63, 3.8) is 0 Å². The van der Waals surface area contributed by atoms with Crippen LogP contribution < -0.4 is 10.6 Å². The van der Waals surface area contributed by atoms with Gasteiger partial charge in [0.2, 0.25) is 0 Å². The Morgan fingerprint density at radius 2 is 1.74 bits per heavy atom. The molecule has 4 heterocycles. The van der Waals surface area contributed by atoms with Crippen molar-refractivity contribution in [3.05, 3.63) is 61.1 Å². The quantitative estimate of drug-likeness (QED) is 0.606. The molecule has 1 saturated heterocycles. The average molecular weight is 354 g/mol. The van der Waals surface area contributed by atoms with Gasteiger partial charge in [-0.1, -0.05) is 30.3 Å². The fraction of sp³-hybridized carbons (Fsp3) is 0.143. The molecule has 2 N–H and O–H groups in total. The molecule has 6 heteroatoms.